The van der Waals surface area contributed by atoms with Gasteiger partial charge in [-0.05, 0) is 82.2 Å². The molecule has 47 heavy (non-hydrogen) atoms. The van der Waals surface area contributed by atoms with E-state index in [1.807, 2.05) is 71.6 Å². The molecular weight excluding hydrogens is 579 g/mol. The Labute approximate surface area is 270 Å². The Balaban J connectivity index is 1.34. The number of hydrogen-bond acceptors (Lipinski definition) is 4. The molecule has 222 valence electrons. The van der Waals surface area contributed by atoms with Gasteiger partial charge >= 0.3 is 0 Å². The Morgan fingerprint density at radius 2 is 0.936 bits per heavy atom. The van der Waals surface area contributed by atoms with Crippen LogP contribution in [0.4, 0.5) is 38.6 Å². The zero-order chi connectivity index (χ0) is 31.3. The first kappa shape index (κ1) is 27.0. The Hall–Kier alpha value is -6.33. The number of anilines is 6. The summed E-state index contributed by atoms with van der Waals surface area (Å²) in [4.78, 5) is 13.7. The van der Waals surface area contributed by atoms with Crippen LogP contribution in [0.15, 0.2) is 164 Å². The second kappa shape index (κ2) is 10.9. The van der Waals surface area contributed by atoms with Crippen LogP contribution in [-0.4, -0.2) is 9.97 Å². The zero-order valence-electron chi connectivity index (χ0n) is 25.3. The molecule has 0 radical (unpaired) electrons. The topological polar surface area (TPSA) is 32.3 Å². The van der Waals surface area contributed by atoms with Gasteiger partial charge in [0.25, 0.3) is 0 Å². The molecule has 0 saturated heterocycles. The summed E-state index contributed by atoms with van der Waals surface area (Å²) in [6, 6.07) is 52.8. The number of fused-ring (bicyclic) bond motifs is 1. The van der Waals surface area contributed by atoms with Crippen LogP contribution < -0.4 is 9.80 Å². The van der Waals surface area contributed by atoms with Crippen LogP contribution in [0.25, 0.3) is 43.2 Å². The molecule has 0 aliphatic heterocycles. The SMILES string of the molecule is Fc1ccccc1N(c1ccccc1)c1ccc2ccc3c(N(c4ccccc4)c4ncnc5ccccc45)ccc4ccc1c2c43. The summed E-state index contributed by atoms with van der Waals surface area (Å²) in [6.45, 7) is 0. The third-order valence-electron chi connectivity index (χ3n) is 8.96. The average molecular weight is 607 g/mol. The van der Waals surface area contributed by atoms with Crippen LogP contribution in [0, 0.1) is 5.82 Å². The van der Waals surface area contributed by atoms with Crippen LogP contribution >= 0.6 is 0 Å². The van der Waals surface area contributed by atoms with Crippen molar-refractivity contribution < 1.29 is 4.39 Å². The molecule has 0 N–H and O–H groups in total. The molecule has 0 aliphatic carbocycles. The van der Waals surface area contributed by atoms with E-state index in [9.17, 15) is 0 Å². The summed E-state index contributed by atoms with van der Waals surface area (Å²) in [5.41, 5.74) is 5.20. The lowest BCUT2D eigenvalue weighted by atomic mass is 9.91. The van der Waals surface area contributed by atoms with E-state index in [0.717, 1.165) is 71.8 Å². The molecule has 0 fully saturated rings. The fourth-order valence-electron chi connectivity index (χ4n) is 6.90. The number of hydrogen-bond donors (Lipinski definition) is 0. The Kier molecular flexibility index (Phi) is 6.28. The van der Waals surface area contributed by atoms with Gasteiger partial charge in [0.05, 0.1) is 22.6 Å². The second-order valence-corrected chi connectivity index (χ2v) is 11.6. The first-order chi connectivity index (χ1) is 23.3. The molecule has 0 bridgehead atoms. The van der Waals surface area contributed by atoms with Gasteiger partial charge in [0, 0.05) is 27.5 Å². The van der Waals surface area contributed by atoms with Crippen molar-refractivity contribution in [1.82, 2.24) is 9.97 Å². The van der Waals surface area contributed by atoms with E-state index in [-0.39, 0.29) is 5.82 Å². The third-order valence-corrected chi connectivity index (χ3v) is 8.96. The maximum Gasteiger partial charge on any atom is 0.148 e. The molecule has 9 aromatic rings. The summed E-state index contributed by atoms with van der Waals surface area (Å²) in [5, 5.41) is 7.66. The van der Waals surface area contributed by atoms with E-state index in [1.54, 1.807) is 12.4 Å². The lowest BCUT2D eigenvalue weighted by Gasteiger charge is -2.29. The molecule has 4 nitrogen and oxygen atoms in total. The van der Waals surface area contributed by atoms with Gasteiger partial charge in [-0.25, -0.2) is 14.4 Å². The summed E-state index contributed by atoms with van der Waals surface area (Å²) < 4.78 is 15.5. The summed E-state index contributed by atoms with van der Waals surface area (Å²) in [7, 11) is 0. The summed E-state index contributed by atoms with van der Waals surface area (Å²) in [5.74, 6) is 0.534. The predicted octanol–water partition coefficient (Wildman–Crippen LogP) is 11.6. The lowest BCUT2D eigenvalue weighted by molar-refractivity contribution is 0.629. The van der Waals surface area contributed by atoms with Gasteiger partial charge in [-0.2, -0.15) is 0 Å². The van der Waals surface area contributed by atoms with E-state index in [1.165, 1.54) is 6.07 Å². The standard InChI is InChI=1S/C42H27FN4/c43-35-16-8-10-18-39(35)46(30-11-3-1-4-12-30)37-25-21-28-20-24-34-38(26-22-29-19-23-33(37)40(28)41(29)34)47(31-13-5-2-6-14-31)42-32-15-7-9-17-36(32)44-27-45-42/h1-27H. The largest absolute Gasteiger partial charge is 0.307 e. The van der Waals surface area contributed by atoms with E-state index < -0.39 is 0 Å². The van der Waals surface area contributed by atoms with E-state index in [4.69, 9.17) is 4.98 Å². The number of para-hydroxylation sites is 4. The molecule has 1 heterocycles. The maximum atomic E-state index is 15.5. The smallest absolute Gasteiger partial charge is 0.148 e. The minimum absolute atomic E-state index is 0.278. The average Bonchev–Trinajstić information content (AvgIpc) is 3.13. The van der Waals surface area contributed by atoms with Gasteiger partial charge in [0.15, 0.2) is 0 Å². The van der Waals surface area contributed by atoms with Gasteiger partial charge in [-0.15, -0.1) is 0 Å². The van der Waals surface area contributed by atoms with Crippen molar-refractivity contribution in [3.05, 3.63) is 170 Å². The minimum Gasteiger partial charge on any atom is -0.307 e. The first-order valence-electron chi connectivity index (χ1n) is 15.6. The molecule has 0 spiro atoms. The summed E-state index contributed by atoms with van der Waals surface area (Å²) in [6.07, 6.45) is 1.64. The number of halogens is 1. The highest BCUT2D eigenvalue weighted by atomic mass is 19.1. The molecule has 0 unspecified atom stereocenters. The third kappa shape index (κ3) is 4.36. The predicted molar refractivity (Wildman–Crippen MR) is 193 cm³/mol. The highest BCUT2D eigenvalue weighted by Gasteiger charge is 2.23. The molecule has 9 rings (SSSR count). The fraction of sp³-hybridized carbons (Fsp3) is 0. The van der Waals surface area contributed by atoms with Crippen molar-refractivity contribution in [1.29, 1.82) is 0 Å². The van der Waals surface area contributed by atoms with E-state index in [0.29, 0.717) is 5.69 Å². The Morgan fingerprint density at radius 3 is 1.60 bits per heavy atom. The lowest BCUT2D eigenvalue weighted by Crippen LogP contribution is -2.13. The van der Waals surface area contributed by atoms with Crippen molar-refractivity contribution in [2.45, 2.75) is 0 Å². The zero-order valence-corrected chi connectivity index (χ0v) is 25.3. The highest BCUT2D eigenvalue weighted by molar-refractivity contribution is 6.28. The molecule has 5 heteroatoms. The van der Waals surface area contributed by atoms with Gasteiger partial charge in [-0.1, -0.05) is 97.1 Å². The Morgan fingerprint density at radius 1 is 0.404 bits per heavy atom. The van der Waals surface area contributed by atoms with Crippen molar-refractivity contribution in [2.24, 2.45) is 0 Å². The monoisotopic (exact) mass is 606 g/mol. The van der Waals surface area contributed by atoms with E-state index in [2.05, 4.69) is 88.7 Å². The first-order valence-corrected chi connectivity index (χ1v) is 15.6. The van der Waals surface area contributed by atoms with Crippen molar-refractivity contribution in [3.8, 4) is 0 Å². The Bertz CT molecular complexity index is 2550. The fourth-order valence-corrected chi connectivity index (χ4v) is 6.90. The maximum absolute atomic E-state index is 15.5. The van der Waals surface area contributed by atoms with Gasteiger partial charge in [-0.3, -0.25) is 4.90 Å². The van der Waals surface area contributed by atoms with Crippen LogP contribution in [0.3, 0.4) is 0 Å². The van der Waals surface area contributed by atoms with Gasteiger partial charge in [0.2, 0.25) is 0 Å². The van der Waals surface area contributed by atoms with Crippen LogP contribution in [-0.2, 0) is 0 Å². The number of rotatable bonds is 6. The van der Waals surface area contributed by atoms with E-state index >= 15 is 4.39 Å². The molecular formula is C42H27FN4. The van der Waals surface area contributed by atoms with Crippen LogP contribution in [0.1, 0.15) is 0 Å². The molecule has 0 amide bonds. The molecule has 0 aliphatic rings. The van der Waals surface area contributed by atoms with Crippen LogP contribution in [0.2, 0.25) is 0 Å². The van der Waals surface area contributed by atoms with Crippen molar-refractivity contribution in [2.75, 3.05) is 9.80 Å². The van der Waals surface area contributed by atoms with Gasteiger partial charge < -0.3 is 4.90 Å². The van der Waals surface area contributed by atoms with Gasteiger partial charge in [0.1, 0.15) is 18.0 Å². The molecule has 0 atom stereocenters. The number of aromatic nitrogens is 2. The molecule has 1 aromatic heterocycles. The van der Waals surface area contributed by atoms with Crippen molar-refractivity contribution in [3.63, 3.8) is 0 Å². The quantitative estimate of drug-likeness (QED) is 0.176. The minimum atomic E-state index is -0.278. The number of nitrogens with zero attached hydrogens (tertiary/aromatic N) is 4. The molecule has 0 saturated carbocycles. The highest BCUT2D eigenvalue weighted by Crippen LogP contribution is 2.47. The molecule has 8 aromatic carbocycles. The van der Waals surface area contributed by atoms with Crippen molar-refractivity contribution >= 4 is 77.5 Å². The second-order valence-electron chi connectivity index (χ2n) is 11.6. The normalized spacial score (nSPS) is 11.5. The van der Waals surface area contributed by atoms with Crippen LogP contribution in [0.5, 0.6) is 0 Å². The summed E-state index contributed by atoms with van der Waals surface area (Å²) >= 11 is 0. The number of benzene rings is 8.